The van der Waals surface area contributed by atoms with E-state index in [4.69, 9.17) is 0 Å². The van der Waals surface area contributed by atoms with Gasteiger partial charge in [0.15, 0.2) is 0 Å². The summed E-state index contributed by atoms with van der Waals surface area (Å²) in [6.07, 6.45) is 5.49. The lowest BCUT2D eigenvalue weighted by Gasteiger charge is -2.34. The second-order valence-corrected chi connectivity index (χ2v) is 5.45. The van der Waals surface area contributed by atoms with E-state index in [0.29, 0.717) is 0 Å². The molecular weight excluding hydrogens is 208 g/mol. The third kappa shape index (κ3) is 3.01. The van der Waals surface area contributed by atoms with Crippen molar-refractivity contribution in [2.75, 3.05) is 24.5 Å². The summed E-state index contributed by atoms with van der Waals surface area (Å²) in [4.78, 5) is 2.51. The van der Waals surface area contributed by atoms with E-state index >= 15 is 0 Å². The fourth-order valence-electron chi connectivity index (χ4n) is 2.64. The number of benzene rings is 1. The Balaban J connectivity index is 1.46. The fraction of sp³-hybridized carbons (Fsp3) is 0.600. The van der Waals surface area contributed by atoms with Crippen LogP contribution in [0, 0.1) is 5.92 Å². The van der Waals surface area contributed by atoms with Gasteiger partial charge < -0.3 is 10.2 Å². The van der Waals surface area contributed by atoms with E-state index in [0.717, 1.165) is 12.0 Å². The number of nitrogens with one attached hydrogen (secondary N) is 1. The number of hydrogen-bond donors (Lipinski definition) is 1. The topological polar surface area (TPSA) is 15.3 Å². The molecule has 92 valence electrons. The standard InChI is InChI=1S/C15H22N2/c1-2-4-15(5-3-1)17-10-8-14(9-11-17)16-12-13-6-7-13/h1-5,13-14,16H,6-12H2. The van der Waals surface area contributed by atoms with Crippen LogP contribution in [0.15, 0.2) is 30.3 Å². The highest BCUT2D eigenvalue weighted by Gasteiger charge is 2.24. The van der Waals surface area contributed by atoms with Gasteiger partial charge in [-0.2, -0.15) is 0 Å². The molecule has 1 aromatic rings. The van der Waals surface area contributed by atoms with Gasteiger partial charge in [0.25, 0.3) is 0 Å². The first-order valence-electron chi connectivity index (χ1n) is 6.95. The van der Waals surface area contributed by atoms with Gasteiger partial charge in [0.2, 0.25) is 0 Å². The Morgan fingerprint density at radius 1 is 1.00 bits per heavy atom. The van der Waals surface area contributed by atoms with Gasteiger partial charge in [0.1, 0.15) is 0 Å². The predicted molar refractivity (Wildman–Crippen MR) is 72.4 cm³/mol. The van der Waals surface area contributed by atoms with Crippen molar-refractivity contribution in [3.63, 3.8) is 0 Å². The summed E-state index contributed by atoms with van der Waals surface area (Å²) in [5.41, 5.74) is 1.38. The summed E-state index contributed by atoms with van der Waals surface area (Å²) < 4.78 is 0. The largest absolute Gasteiger partial charge is 0.371 e. The molecule has 0 unspecified atom stereocenters. The first-order valence-corrected chi connectivity index (χ1v) is 6.95. The van der Waals surface area contributed by atoms with Crippen molar-refractivity contribution in [2.45, 2.75) is 31.7 Å². The fourth-order valence-corrected chi connectivity index (χ4v) is 2.64. The molecule has 0 spiro atoms. The molecule has 1 saturated heterocycles. The lowest BCUT2D eigenvalue weighted by atomic mass is 10.0. The predicted octanol–water partition coefficient (Wildman–Crippen LogP) is 2.66. The Hall–Kier alpha value is -1.02. The van der Waals surface area contributed by atoms with Crippen LogP contribution in [0.5, 0.6) is 0 Å². The molecular formula is C15H22N2. The maximum Gasteiger partial charge on any atom is 0.0366 e. The summed E-state index contributed by atoms with van der Waals surface area (Å²) in [5.74, 6) is 1.00. The number of hydrogen-bond acceptors (Lipinski definition) is 2. The van der Waals surface area contributed by atoms with Crippen LogP contribution in [0.4, 0.5) is 5.69 Å². The molecule has 2 nitrogen and oxygen atoms in total. The molecule has 1 N–H and O–H groups in total. The Labute approximate surface area is 104 Å². The molecule has 0 aromatic heterocycles. The second kappa shape index (κ2) is 5.09. The van der Waals surface area contributed by atoms with Crippen molar-refractivity contribution >= 4 is 5.69 Å². The minimum atomic E-state index is 0.760. The summed E-state index contributed by atoms with van der Waals surface area (Å²) in [6.45, 7) is 3.66. The molecule has 1 aliphatic carbocycles. The zero-order valence-corrected chi connectivity index (χ0v) is 10.4. The second-order valence-electron chi connectivity index (χ2n) is 5.45. The number of rotatable bonds is 4. The van der Waals surface area contributed by atoms with Crippen LogP contribution in [-0.4, -0.2) is 25.7 Å². The Bertz CT molecular complexity index is 337. The number of nitrogens with zero attached hydrogens (tertiary/aromatic N) is 1. The van der Waals surface area contributed by atoms with Gasteiger partial charge in [-0.3, -0.25) is 0 Å². The third-order valence-corrected chi connectivity index (χ3v) is 4.01. The van der Waals surface area contributed by atoms with Crippen molar-refractivity contribution in [1.82, 2.24) is 5.32 Å². The van der Waals surface area contributed by atoms with Gasteiger partial charge in [-0.25, -0.2) is 0 Å². The van der Waals surface area contributed by atoms with Crippen molar-refractivity contribution < 1.29 is 0 Å². The monoisotopic (exact) mass is 230 g/mol. The number of anilines is 1. The van der Waals surface area contributed by atoms with Crippen LogP contribution in [0.25, 0.3) is 0 Å². The molecule has 2 fully saturated rings. The molecule has 1 aliphatic heterocycles. The third-order valence-electron chi connectivity index (χ3n) is 4.01. The highest BCUT2D eigenvalue weighted by Crippen LogP contribution is 2.28. The molecule has 0 radical (unpaired) electrons. The summed E-state index contributed by atoms with van der Waals surface area (Å²) in [5, 5.41) is 3.73. The van der Waals surface area contributed by atoms with Crippen LogP contribution < -0.4 is 10.2 Å². The zero-order chi connectivity index (χ0) is 11.5. The highest BCUT2D eigenvalue weighted by atomic mass is 15.1. The Kier molecular flexibility index (Phi) is 3.32. The van der Waals surface area contributed by atoms with Crippen LogP contribution in [0.1, 0.15) is 25.7 Å². The molecule has 2 heteroatoms. The van der Waals surface area contributed by atoms with Crippen LogP contribution in [0.3, 0.4) is 0 Å². The average molecular weight is 230 g/mol. The van der Waals surface area contributed by atoms with Gasteiger partial charge in [0, 0.05) is 24.8 Å². The van der Waals surface area contributed by atoms with E-state index in [1.807, 2.05) is 0 Å². The molecule has 17 heavy (non-hydrogen) atoms. The number of para-hydroxylation sites is 1. The Morgan fingerprint density at radius 2 is 1.71 bits per heavy atom. The summed E-state index contributed by atoms with van der Waals surface area (Å²) in [6, 6.07) is 11.6. The molecule has 1 aromatic carbocycles. The van der Waals surface area contributed by atoms with Gasteiger partial charge in [0.05, 0.1) is 0 Å². The van der Waals surface area contributed by atoms with Crippen molar-refractivity contribution in [1.29, 1.82) is 0 Å². The van der Waals surface area contributed by atoms with Crippen molar-refractivity contribution in [2.24, 2.45) is 5.92 Å². The van der Waals surface area contributed by atoms with Crippen molar-refractivity contribution in [3.05, 3.63) is 30.3 Å². The lowest BCUT2D eigenvalue weighted by Crippen LogP contribution is -2.43. The van der Waals surface area contributed by atoms with Gasteiger partial charge in [-0.15, -0.1) is 0 Å². The first kappa shape index (κ1) is 11.1. The number of piperidine rings is 1. The molecule has 2 aliphatic rings. The van der Waals surface area contributed by atoms with Crippen LogP contribution in [-0.2, 0) is 0 Å². The van der Waals surface area contributed by atoms with Gasteiger partial charge >= 0.3 is 0 Å². The molecule has 0 bridgehead atoms. The zero-order valence-electron chi connectivity index (χ0n) is 10.4. The molecule has 0 amide bonds. The van der Waals surface area contributed by atoms with E-state index in [2.05, 4.69) is 40.5 Å². The van der Waals surface area contributed by atoms with Crippen molar-refractivity contribution in [3.8, 4) is 0 Å². The van der Waals surface area contributed by atoms with Gasteiger partial charge in [-0.05, 0) is 50.3 Å². The van der Waals surface area contributed by atoms with E-state index in [9.17, 15) is 0 Å². The van der Waals surface area contributed by atoms with E-state index in [1.165, 1.54) is 51.0 Å². The molecule has 1 saturated carbocycles. The highest BCUT2D eigenvalue weighted by molar-refractivity contribution is 5.46. The normalized spacial score (nSPS) is 21.8. The van der Waals surface area contributed by atoms with Gasteiger partial charge in [-0.1, -0.05) is 18.2 Å². The summed E-state index contributed by atoms with van der Waals surface area (Å²) >= 11 is 0. The molecule has 0 atom stereocenters. The summed E-state index contributed by atoms with van der Waals surface area (Å²) in [7, 11) is 0. The minimum absolute atomic E-state index is 0.760. The van der Waals surface area contributed by atoms with Crippen LogP contribution in [0.2, 0.25) is 0 Å². The quantitative estimate of drug-likeness (QED) is 0.855. The van der Waals surface area contributed by atoms with E-state index in [1.54, 1.807) is 0 Å². The van der Waals surface area contributed by atoms with E-state index < -0.39 is 0 Å². The minimum Gasteiger partial charge on any atom is -0.371 e. The first-order chi connectivity index (χ1) is 8.42. The van der Waals surface area contributed by atoms with Crippen LogP contribution >= 0.6 is 0 Å². The molecule has 3 rings (SSSR count). The average Bonchev–Trinajstić information content (AvgIpc) is 3.22. The smallest absolute Gasteiger partial charge is 0.0366 e. The maximum absolute atomic E-state index is 3.73. The lowest BCUT2D eigenvalue weighted by molar-refractivity contribution is 0.409. The molecule has 1 heterocycles. The Morgan fingerprint density at radius 3 is 2.35 bits per heavy atom. The SMILES string of the molecule is c1ccc(N2CCC(NCC3CC3)CC2)cc1. The maximum atomic E-state index is 3.73. The van der Waals surface area contributed by atoms with E-state index in [-0.39, 0.29) is 0 Å².